The summed E-state index contributed by atoms with van der Waals surface area (Å²) in [5.41, 5.74) is 2.56. The average molecular weight is 232 g/mol. The number of nitrogens with one attached hydrogen (secondary N) is 1. The van der Waals surface area contributed by atoms with Crippen LogP contribution in [0.5, 0.6) is 0 Å². The van der Waals surface area contributed by atoms with Gasteiger partial charge in [-0.1, -0.05) is 38.1 Å². The van der Waals surface area contributed by atoms with Crippen molar-refractivity contribution in [2.24, 2.45) is 0 Å². The summed E-state index contributed by atoms with van der Waals surface area (Å²) < 4.78 is 0. The second-order valence-electron chi connectivity index (χ2n) is 4.89. The Kier molecular flexibility index (Phi) is 3.79. The highest BCUT2D eigenvalue weighted by atomic mass is 16.2. The van der Waals surface area contributed by atoms with Crippen LogP contribution in [0.25, 0.3) is 0 Å². The van der Waals surface area contributed by atoms with Gasteiger partial charge in [-0.25, -0.2) is 0 Å². The third kappa shape index (κ3) is 3.07. The molecule has 92 valence electrons. The van der Waals surface area contributed by atoms with E-state index >= 15 is 0 Å². The first-order valence-corrected chi connectivity index (χ1v) is 6.24. The van der Waals surface area contributed by atoms with Gasteiger partial charge >= 0.3 is 0 Å². The Morgan fingerprint density at radius 2 is 2.00 bits per heavy atom. The molecule has 1 aromatic carbocycles. The third-order valence-corrected chi connectivity index (χ3v) is 3.21. The molecule has 1 amide bonds. The predicted octanol–water partition coefficient (Wildman–Crippen LogP) is 1.74. The Bertz CT molecular complexity index is 384. The van der Waals surface area contributed by atoms with Gasteiger partial charge in [-0.3, -0.25) is 4.79 Å². The first-order chi connectivity index (χ1) is 8.16. The van der Waals surface area contributed by atoms with Crippen molar-refractivity contribution < 1.29 is 4.79 Å². The molecule has 0 bridgehead atoms. The normalized spacial score (nSPS) is 16.6. The molecule has 1 fully saturated rings. The lowest BCUT2D eigenvalue weighted by atomic mass is 10.0. The topological polar surface area (TPSA) is 32.3 Å². The summed E-state index contributed by atoms with van der Waals surface area (Å²) in [5.74, 6) is 0.758. The van der Waals surface area contributed by atoms with E-state index < -0.39 is 0 Å². The summed E-state index contributed by atoms with van der Waals surface area (Å²) >= 11 is 0. The van der Waals surface area contributed by atoms with Gasteiger partial charge in [-0.2, -0.15) is 0 Å². The van der Waals surface area contributed by atoms with Gasteiger partial charge < -0.3 is 10.2 Å². The summed E-state index contributed by atoms with van der Waals surface area (Å²) in [5, 5.41) is 3.08. The third-order valence-electron chi connectivity index (χ3n) is 3.21. The van der Waals surface area contributed by atoms with Crippen LogP contribution in [-0.4, -0.2) is 30.4 Å². The molecule has 1 saturated heterocycles. The van der Waals surface area contributed by atoms with E-state index in [9.17, 15) is 4.79 Å². The smallest absolute Gasteiger partial charge is 0.236 e. The summed E-state index contributed by atoms with van der Waals surface area (Å²) in [4.78, 5) is 13.6. The number of rotatable bonds is 3. The molecule has 0 aromatic heterocycles. The zero-order valence-electron chi connectivity index (χ0n) is 10.6. The van der Waals surface area contributed by atoms with Crippen molar-refractivity contribution in [1.82, 2.24) is 10.2 Å². The lowest BCUT2D eigenvalue weighted by Crippen LogP contribution is -2.47. The van der Waals surface area contributed by atoms with Gasteiger partial charge in [0.1, 0.15) is 0 Å². The zero-order chi connectivity index (χ0) is 12.3. The number of amides is 1. The molecule has 3 nitrogen and oxygen atoms in total. The number of hydrogen-bond acceptors (Lipinski definition) is 2. The van der Waals surface area contributed by atoms with Crippen LogP contribution in [0.2, 0.25) is 0 Å². The lowest BCUT2D eigenvalue weighted by Gasteiger charge is -2.27. The number of hydrogen-bond donors (Lipinski definition) is 1. The highest BCUT2D eigenvalue weighted by Crippen LogP contribution is 2.15. The van der Waals surface area contributed by atoms with Crippen LogP contribution >= 0.6 is 0 Å². The molecular weight excluding hydrogens is 212 g/mol. The lowest BCUT2D eigenvalue weighted by molar-refractivity contribution is -0.132. The monoisotopic (exact) mass is 232 g/mol. The molecule has 0 saturated carbocycles. The van der Waals surface area contributed by atoms with Crippen molar-refractivity contribution in [3.63, 3.8) is 0 Å². The Balaban J connectivity index is 2.00. The molecule has 0 unspecified atom stereocenters. The van der Waals surface area contributed by atoms with Gasteiger partial charge in [-0.15, -0.1) is 0 Å². The van der Waals surface area contributed by atoms with Crippen LogP contribution in [0.4, 0.5) is 0 Å². The molecule has 0 radical (unpaired) electrons. The highest BCUT2D eigenvalue weighted by molar-refractivity contribution is 5.78. The van der Waals surface area contributed by atoms with E-state index in [1.54, 1.807) is 0 Å². The molecule has 0 spiro atoms. The first kappa shape index (κ1) is 12.1. The number of benzene rings is 1. The van der Waals surface area contributed by atoms with Crippen LogP contribution in [0.15, 0.2) is 24.3 Å². The molecular formula is C14H20N2O. The molecule has 2 rings (SSSR count). The second kappa shape index (κ2) is 5.32. The van der Waals surface area contributed by atoms with Gasteiger partial charge in [0.25, 0.3) is 0 Å². The Labute approximate surface area is 103 Å². The minimum Gasteiger partial charge on any atom is -0.336 e. The molecule has 0 aliphatic carbocycles. The fourth-order valence-electron chi connectivity index (χ4n) is 2.04. The maximum absolute atomic E-state index is 11.6. The summed E-state index contributed by atoms with van der Waals surface area (Å²) in [6, 6.07) is 8.58. The average Bonchev–Trinajstić information content (AvgIpc) is 2.33. The van der Waals surface area contributed by atoms with Crippen LogP contribution < -0.4 is 5.32 Å². The predicted molar refractivity (Wildman–Crippen MR) is 68.8 cm³/mol. The van der Waals surface area contributed by atoms with E-state index in [1.165, 1.54) is 11.1 Å². The Hall–Kier alpha value is -1.35. The Morgan fingerprint density at radius 3 is 2.59 bits per heavy atom. The SMILES string of the molecule is CC(C)c1ccc(CN2CCNCC2=O)cc1. The summed E-state index contributed by atoms with van der Waals surface area (Å²) in [6.45, 7) is 7.30. The van der Waals surface area contributed by atoms with Crippen molar-refractivity contribution in [2.75, 3.05) is 19.6 Å². The van der Waals surface area contributed by atoms with Gasteiger partial charge in [0.05, 0.1) is 6.54 Å². The molecule has 17 heavy (non-hydrogen) atoms. The fraction of sp³-hybridized carbons (Fsp3) is 0.500. The largest absolute Gasteiger partial charge is 0.336 e. The van der Waals surface area contributed by atoms with Crippen molar-refractivity contribution in [1.29, 1.82) is 0 Å². The summed E-state index contributed by atoms with van der Waals surface area (Å²) in [7, 11) is 0. The van der Waals surface area contributed by atoms with Crippen molar-refractivity contribution in [2.45, 2.75) is 26.3 Å². The van der Waals surface area contributed by atoms with Crippen molar-refractivity contribution in [3.8, 4) is 0 Å². The van der Waals surface area contributed by atoms with Crippen molar-refractivity contribution in [3.05, 3.63) is 35.4 Å². The Morgan fingerprint density at radius 1 is 1.29 bits per heavy atom. The van der Waals surface area contributed by atoms with Crippen LogP contribution in [0.3, 0.4) is 0 Å². The maximum atomic E-state index is 11.6. The maximum Gasteiger partial charge on any atom is 0.236 e. The van der Waals surface area contributed by atoms with E-state index in [4.69, 9.17) is 0 Å². The quantitative estimate of drug-likeness (QED) is 0.861. The van der Waals surface area contributed by atoms with Gasteiger partial charge in [-0.05, 0) is 17.0 Å². The van der Waals surface area contributed by atoms with Crippen molar-refractivity contribution >= 4 is 5.91 Å². The molecule has 1 aliphatic heterocycles. The second-order valence-corrected chi connectivity index (χ2v) is 4.89. The van der Waals surface area contributed by atoms with E-state index in [2.05, 4.69) is 43.4 Å². The van der Waals surface area contributed by atoms with Gasteiger partial charge in [0, 0.05) is 19.6 Å². The van der Waals surface area contributed by atoms with E-state index in [0.717, 1.165) is 19.6 Å². The molecule has 0 atom stereocenters. The standard InChI is InChI=1S/C14H20N2O/c1-11(2)13-5-3-12(4-6-13)10-16-8-7-15-9-14(16)17/h3-6,11,15H,7-10H2,1-2H3. The molecule has 1 heterocycles. The van der Waals surface area contributed by atoms with E-state index in [-0.39, 0.29) is 5.91 Å². The molecule has 1 aliphatic rings. The molecule has 1 N–H and O–H groups in total. The first-order valence-electron chi connectivity index (χ1n) is 6.24. The van der Waals surface area contributed by atoms with Crippen LogP contribution in [0, 0.1) is 0 Å². The minimum atomic E-state index is 0.198. The number of piperazine rings is 1. The van der Waals surface area contributed by atoms with E-state index in [0.29, 0.717) is 12.5 Å². The summed E-state index contributed by atoms with van der Waals surface area (Å²) in [6.07, 6.45) is 0. The number of nitrogens with zero attached hydrogens (tertiary/aromatic N) is 1. The fourth-order valence-corrected chi connectivity index (χ4v) is 2.04. The van der Waals surface area contributed by atoms with Gasteiger partial charge in [0.2, 0.25) is 5.91 Å². The van der Waals surface area contributed by atoms with Crippen LogP contribution in [-0.2, 0) is 11.3 Å². The van der Waals surface area contributed by atoms with Crippen LogP contribution in [0.1, 0.15) is 30.9 Å². The minimum absolute atomic E-state index is 0.198. The van der Waals surface area contributed by atoms with E-state index in [1.807, 2.05) is 4.90 Å². The van der Waals surface area contributed by atoms with Gasteiger partial charge in [0.15, 0.2) is 0 Å². The highest BCUT2D eigenvalue weighted by Gasteiger charge is 2.17. The number of carbonyl (C=O) groups is 1. The zero-order valence-corrected chi connectivity index (χ0v) is 10.6. The molecule has 3 heteroatoms. The molecule has 1 aromatic rings. The number of carbonyl (C=O) groups excluding carboxylic acids is 1.